The fourth-order valence-corrected chi connectivity index (χ4v) is 3.10. The van der Waals surface area contributed by atoms with Gasteiger partial charge in [-0.1, -0.05) is 64.7 Å². The van der Waals surface area contributed by atoms with Gasteiger partial charge in [-0.25, -0.2) is 0 Å². The van der Waals surface area contributed by atoms with Crippen molar-refractivity contribution >= 4 is 0 Å². The molecule has 0 aromatic heterocycles. The number of allylic oxidation sites excluding steroid dienone is 1. The van der Waals surface area contributed by atoms with Crippen molar-refractivity contribution in [3.63, 3.8) is 0 Å². The molecule has 0 spiro atoms. The van der Waals surface area contributed by atoms with Gasteiger partial charge in [-0.15, -0.1) is 0 Å². The minimum absolute atomic E-state index is 0.0530. The van der Waals surface area contributed by atoms with Gasteiger partial charge in [-0.2, -0.15) is 0 Å². The Bertz CT molecular complexity index is 334. The average molecular weight is 359 g/mol. The molecule has 148 valence electrons. The Labute approximate surface area is 153 Å². The summed E-state index contributed by atoms with van der Waals surface area (Å²) in [6.45, 7) is 2.36. The van der Waals surface area contributed by atoms with E-state index < -0.39 is 24.4 Å². The molecule has 0 radical (unpaired) electrons. The SMILES string of the molecule is CCCCCCCCCCCC/C=C/OC[C@@H](O)[C@@H]1OC[C@H](O)[C@@H]1O. The molecule has 5 heteroatoms. The van der Waals surface area contributed by atoms with Crippen LogP contribution in [0, 0.1) is 0 Å². The quantitative estimate of drug-likeness (QED) is 0.309. The van der Waals surface area contributed by atoms with Crippen molar-refractivity contribution in [1.29, 1.82) is 0 Å². The lowest BCUT2D eigenvalue weighted by Crippen LogP contribution is -2.40. The molecule has 1 aliphatic heterocycles. The van der Waals surface area contributed by atoms with Crippen molar-refractivity contribution in [2.45, 2.75) is 102 Å². The molecule has 1 saturated heterocycles. The van der Waals surface area contributed by atoms with Crippen LogP contribution in [-0.4, -0.2) is 52.9 Å². The Morgan fingerprint density at radius 3 is 2.16 bits per heavy atom. The Morgan fingerprint density at radius 1 is 1.00 bits per heavy atom. The molecule has 3 N–H and O–H groups in total. The third-order valence-electron chi connectivity index (χ3n) is 4.75. The van der Waals surface area contributed by atoms with E-state index in [1.165, 1.54) is 57.8 Å². The van der Waals surface area contributed by atoms with Gasteiger partial charge in [0.1, 0.15) is 31.0 Å². The maximum atomic E-state index is 9.87. The molecule has 4 atom stereocenters. The van der Waals surface area contributed by atoms with Crippen LogP contribution in [0.4, 0.5) is 0 Å². The summed E-state index contributed by atoms with van der Waals surface area (Å²) in [4.78, 5) is 0. The lowest BCUT2D eigenvalue weighted by molar-refractivity contribution is -0.0703. The molecule has 1 heterocycles. The van der Waals surface area contributed by atoms with Crippen LogP contribution in [0.5, 0.6) is 0 Å². The first-order chi connectivity index (χ1) is 12.2. The molecule has 25 heavy (non-hydrogen) atoms. The van der Waals surface area contributed by atoms with E-state index in [-0.39, 0.29) is 13.2 Å². The van der Waals surface area contributed by atoms with Crippen LogP contribution in [-0.2, 0) is 9.47 Å². The number of hydrogen-bond acceptors (Lipinski definition) is 5. The molecule has 0 saturated carbocycles. The molecular formula is C20H38O5. The van der Waals surface area contributed by atoms with Crippen LogP contribution in [0.15, 0.2) is 12.3 Å². The van der Waals surface area contributed by atoms with Crippen molar-refractivity contribution in [3.8, 4) is 0 Å². The standard InChI is InChI=1S/C20H38O5/c1-2-3-4-5-6-7-8-9-10-11-12-13-14-24-15-18(22)20-19(23)17(21)16-25-20/h13-14,17-23H,2-12,15-16H2,1H3/b14-13+/t17-,18+,19-,20-/m0/s1. The van der Waals surface area contributed by atoms with Gasteiger partial charge >= 0.3 is 0 Å². The minimum atomic E-state index is -1.05. The largest absolute Gasteiger partial charge is 0.499 e. The summed E-state index contributed by atoms with van der Waals surface area (Å²) in [6, 6.07) is 0. The van der Waals surface area contributed by atoms with Gasteiger partial charge in [0.25, 0.3) is 0 Å². The van der Waals surface area contributed by atoms with Crippen LogP contribution in [0.1, 0.15) is 77.6 Å². The highest BCUT2D eigenvalue weighted by Crippen LogP contribution is 2.18. The van der Waals surface area contributed by atoms with E-state index in [0.29, 0.717) is 0 Å². The number of unbranched alkanes of at least 4 members (excludes halogenated alkanes) is 10. The van der Waals surface area contributed by atoms with Crippen molar-refractivity contribution in [2.75, 3.05) is 13.2 Å². The summed E-state index contributed by atoms with van der Waals surface area (Å²) in [7, 11) is 0. The van der Waals surface area contributed by atoms with Crippen molar-refractivity contribution in [3.05, 3.63) is 12.3 Å². The highest BCUT2D eigenvalue weighted by atomic mass is 16.5. The molecule has 0 unspecified atom stereocenters. The highest BCUT2D eigenvalue weighted by Gasteiger charge is 2.39. The van der Waals surface area contributed by atoms with E-state index in [4.69, 9.17) is 9.47 Å². The molecule has 1 rings (SSSR count). The van der Waals surface area contributed by atoms with E-state index in [1.807, 2.05) is 6.08 Å². The smallest absolute Gasteiger partial charge is 0.117 e. The molecule has 5 nitrogen and oxygen atoms in total. The van der Waals surface area contributed by atoms with Crippen LogP contribution >= 0.6 is 0 Å². The maximum absolute atomic E-state index is 9.87. The topological polar surface area (TPSA) is 79.2 Å². The minimum Gasteiger partial charge on any atom is -0.499 e. The molecule has 0 aromatic rings. The normalized spacial score (nSPS) is 24.9. The van der Waals surface area contributed by atoms with E-state index in [1.54, 1.807) is 6.26 Å². The third-order valence-corrected chi connectivity index (χ3v) is 4.75. The first-order valence-corrected chi connectivity index (χ1v) is 10.1. The van der Waals surface area contributed by atoms with Crippen LogP contribution in [0.2, 0.25) is 0 Å². The fraction of sp³-hybridized carbons (Fsp3) is 0.900. The summed E-state index contributed by atoms with van der Waals surface area (Å²) in [5, 5.41) is 28.9. The van der Waals surface area contributed by atoms with Gasteiger partial charge in [0.2, 0.25) is 0 Å². The Balaban J connectivity index is 1.87. The van der Waals surface area contributed by atoms with E-state index in [0.717, 1.165) is 12.8 Å². The second-order valence-corrected chi connectivity index (χ2v) is 7.10. The number of aliphatic hydroxyl groups excluding tert-OH is 3. The number of aliphatic hydroxyl groups is 3. The molecule has 1 fully saturated rings. The average Bonchev–Trinajstić information content (AvgIpc) is 2.94. The Kier molecular flexibility index (Phi) is 13.0. The zero-order valence-corrected chi connectivity index (χ0v) is 15.8. The lowest BCUT2D eigenvalue weighted by atomic mass is 10.1. The van der Waals surface area contributed by atoms with Gasteiger partial charge in [0.15, 0.2) is 0 Å². The van der Waals surface area contributed by atoms with Crippen LogP contribution < -0.4 is 0 Å². The lowest BCUT2D eigenvalue weighted by Gasteiger charge is -2.20. The van der Waals surface area contributed by atoms with Gasteiger partial charge in [0, 0.05) is 0 Å². The van der Waals surface area contributed by atoms with Gasteiger partial charge in [0.05, 0.1) is 12.9 Å². The van der Waals surface area contributed by atoms with Gasteiger partial charge in [-0.05, 0) is 18.9 Å². The molecule has 0 aliphatic carbocycles. The number of rotatable bonds is 15. The summed E-state index contributed by atoms with van der Waals surface area (Å²) in [6.07, 6.45) is 14.2. The van der Waals surface area contributed by atoms with Gasteiger partial charge in [-0.3, -0.25) is 0 Å². The van der Waals surface area contributed by atoms with Gasteiger partial charge < -0.3 is 24.8 Å². The summed E-state index contributed by atoms with van der Waals surface area (Å²) < 4.78 is 10.4. The monoisotopic (exact) mass is 358 g/mol. The first kappa shape index (κ1) is 22.4. The molecular weight excluding hydrogens is 320 g/mol. The second-order valence-electron chi connectivity index (χ2n) is 7.10. The first-order valence-electron chi connectivity index (χ1n) is 10.1. The van der Waals surface area contributed by atoms with Crippen LogP contribution in [0.3, 0.4) is 0 Å². The predicted molar refractivity (Wildman–Crippen MR) is 99.3 cm³/mol. The predicted octanol–water partition coefficient (Wildman–Crippen LogP) is 3.31. The second kappa shape index (κ2) is 14.5. The summed E-state index contributed by atoms with van der Waals surface area (Å²) >= 11 is 0. The zero-order chi connectivity index (χ0) is 18.3. The molecule has 0 aromatic carbocycles. The Morgan fingerprint density at radius 2 is 1.60 bits per heavy atom. The van der Waals surface area contributed by atoms with Crippen LogP contribution in [0.25, 0.3) is 0 Å². The van der Waals surface area contributed by atoms with Crippen molar-refractivity contribution in [2.24, 2.45) is 0 Å². The Hall–Kier alpha value is -0.620. The molecule has 0 bridgehead atoms. The van der Waals surface area contributed by atoms with E-state index in [9.17, 15) is 15.3 Å². The maximum Gasteiger partial charge on any atom is 0.117 e. The van der Waals surface area contributed by atoms with Crippen molar-refractivity contribution < 1.29 is 24.8 Å². The fourth-order valence-electron chi connectivity index (χ4n) is 3.10. The van der Waals surface area contributed by atoms with Crippen molar-refractivity contribution in [1.82, 2.24) is 0 Å². The number of hydrogen-bond donors (Lipinski definition) is 3. The van der Waals surface area contributed by atoms with E-state index >= 15 is 0 Å². The van der Waals surface area contributed by atoms with E-state index in [2.05, 4.69) is 6.92 Å². The highest BCUT2D eigenvalue weighted by molar-refractivity contribution is 4.88. The molecule has 1 aliphatic rings. The summed E-state index contributed by atoms with van der Waals surface area (Å²) in [5.41, 5.74) is 0. The molecule has 0 amide bonds. The third kappa shape index (κ3) is 10.2. The number of ether oxygens (including phenoxy) is 2. The zero-order valence-electron chi connectivity index (χ0n) is 15.8. The summed E-state index contributed by atoms with van der Waals surface area (Å²) in [5.74, 6) is 0.